The zero-order chi connectivity index (χ0) is 14.8. The number of nitrogens with zero attached hydrogens (tertiary/aromatic N) is 4. The Balaban J connectivity index is 2.07. The van der Waals surface area contributed by atoms with Crippen molar-refractivity contribution in [1.29, 1.82) is 0 Å². The third kappa shape index (κ3) is 2.57. The summed E-state index contributed by atoms with van der Waals surface area (Å²) in [5.74, 6) is 0.120. The summed E-state index contributed by atoms with van der Waals surface area (Å²) in [5.41, 5.74) is 0. The number of aromatic nitrogens is 3. The highest BCUT2D eigenvalue weighted by molar-refractivity contribution is 5.84. The van der Waals surface area contributed by atoms with Crippen LogP contribution in [0.2, 0.25) is 0 Å². The smallest absolute Gasteiger partial charge is 0.453 e. The first-order valence-electron chi connectivity index (χ1n) is 6.33. The Labute approximate surface area is 118 Å². The zero-order valence-corrected chi connectivity index (χ0v) is 11.3. The van der Waals surface area contributed by atoms with Crippen LogP contribution in [0.5, 0.6) is 0 Å². The van der Waals surface area contributed by atoms with Crippen LogP contribution in [0.4, 0.5) is 16.4 Å². The molecule has 0 spiro atoms. The van der Waals surface area contributed by atoms with Crippen LogP contribution in [-0.2, 0) is 4.74 Å². The molecule has 1 aliphatic heterocycles. The molecule has 0 unspecified atom stereocenters. The molecule has 0 bridgehead atoms. The van der Waals surface area contributed by atoms with Crippen molar-refractivity contribution in [2.45, 2.75) is 6.42 Å². The maximum Gasteiger partial charge on any atom is 0.461 e. The van der Waals surface area contributed by atoms with Gasteiger partial charge in [0.05, 0.1) is 7.11 Å². The van der Waals surface area contributed by atoms with Crippen molar-refractivity contribution in [2.24, 2.45) is 0 Å². The van der Waals surface area contributed by atoms with Crippen molar-refractivity contribution < 1.29 is 14.1 Å². The molecule has 0 saturated carbocycles. The Morgan fingerprint density at radius 3 is 3.00 bits per heavy atom. The Hall–Kier alpha value is -2.84. The average molecular weight is 291 g/mol. The number of methoxy groups -OCH3 is 1. The second-order valence-corrected chi connectivity index (χ2v) is 4.39. The van der Waals surface area contributed by atoms with Crippen LogP contribution in [0.3, 0.4) is 0 Å². The number of anilines is 2. The summed E-state index contributed by atoms with van der Waals surface area (Å²) >= 11 is 0. The van der Waals surface area contributed by atoms with Gasteiger partial charge in [-0.05, 0) is 6.42 Å². The quantitative estimate of drug-likeness (QED) is 0.809. The van der Waals surface area contributed by atoms with E-state index in [1.54, 1.807) is 6.07 Å². The SMILES string of the molecule is COC(=O)Nc1cc(N2CC=CCC2)nc2nc(=O)on12. The molecule has 1 N–H and O–H groups in total. The predicted molar refractivity (Wildman–Crippen MR) is 73.5 cm³/mol. The molecule has 0 saturated heterocycles. The van der Waals surface area contributed by atoms with E-state index in [1.807, 2.05) is 11.0 Å². The zero-order valence-electron chi connectivity index (χ0n) is 11.3. The average Bonchev–Trinajstić information content (AvgIpc) is 2.88. The summed E-state index contributed by atoms with van der Waals surface area (Å²) in [6.07, 6.45) is 4.34. The molecule has 3 heterocycles. The van der Waals surface area contributed by atoms with Gasteiger partial charge in [-0.3, -0.25) is 5.32 Å². The lowest BCUT2D eigenvalue weighted by molar-refractivity contribution is 0.186. The lowest BCUT2D eigenvalue weighted by atomic mass is 10.2. The van der Waals surface area contributed by atoms with E-state index in [9.17, 15) is 9.59 Å². The molecule has 0 aromatic carbocycles. The molecule has 0 radical (unpaired) electrons. The van der Waals surface area contributed by atoms with E-state index >= 15 is 0 Å². The van der Waals surface area contributed by atoms with E-state index in [1.165, 1.54) is 7.11 Å². The van der Waals surface area contributed by atoms with Crippen molar-refractivity contribution in [3.8, 4) is 0 Å². The Kier molecular flexibility index (Phi) is 3.30. The van der Waals surface area contributed by atoms with Gasteiger partial charge in [-0.1, -0.05) is 12.2 Å². The van der Waals surface area contributed by atoms with Gasteiger partial charge < -0.3 is 14.2 Å². The van der Waals surface area contributed by atoms with Crippen LogP contribution in [0, 0.1) is 0 Å². The highest BCUT2D eigenvalue weighted by Gasteiger charge is 2.17. The summed E-state index contributed by atoms with van der Waals surface area (Å²) in [5, 5.41) is 2.47. The summed E-state index contributed by atoms with van der Waals surface area (Å²) in [6.45, 7) is 1.49. The molecule has 0 fully saturated rings. The highest BCUT2D eigenvalue weighted by atomic mass is 16.5. The Bertz CT molecular complexity index is 763. The number of hydrogen-bond acceptors (Lipinski definition) is 7. The van der Waals surface area contributed by atoms with E-state index in [4.69, 9.17) is 4.52 Å². The summed E-state index contributed by atoms with van der Waals surface area (Å²) in [6, 6.07) is 1.60. The van der Waals surface area contributed by atoms with E-state index in [2.05, 4.69) is 26.1 Å². The molecule has 2 aromatic rings. The van der Waals surface area contributed by atoms with Gasteiger partial charge in [0.1, 0.15) is 5.82 Å². The molecule has 2 aromatic heterocycles. The maximum absolute atomic E-state index is 11.4. The first kappa shape index (κ1) is 13.2. The number of amides is 1. The second-order valence-electron chi connectivity index (χ2n) is 4.39. The number of carbonyl (C=O) groups is 1. The largest absolute Gasteiger partial charge is 0.461 e. The number of carbonyl (C=O) groups excluding carboxylic acids is 1. The summed E-state index contributed by atoms with van der Waals surface area (Å²) < 4.78 is 10.5. The number of rotatable bonds is 2. The molecule has 110 valence electrons. The normalized spacial score (nSPS) is 14.4. The number of ether oxygens (including phenoxy) is 1. The number of nitrogens with one attached hydrogen (secondary N) is 1. The Morgan fingerprint density at radius 2 is 2.29 bits per heavy atom. The third-order valence-electron chi connectivity index (χ3n) is 3.04. The monoisotopic (exact) mass is 291 g/mol. The van der Waals surface area contributed by atoms with Gasteiger partial charge in [0, 0.05) is 19.2 Å². The van der Waals surface area contributed by atoms with Crippen LogP contribution in [0.1, 0.15) is 6.42 Å². The fraction of sp³-hybridized carbons (Fsp3) is 0.333. The summed E-state index contributed by atoms with van der Waals surface area (Å²) in [7, 11) is 1.24. The number of hydrogen-bond donors (Lipinski definition) is 1. The lowest BCUT2D eigenvalue weighted by Gasteiger charge is -2.24. The van der Waals surface area contributed by atoms with E-state index < -0.39 is 11.8 Å². The molecular formula is C12H13N5O4. The van der Waals surface area contributed by atoms with E-state index in [0.29, 0.717) is 12.4 Å². The van der Waals surface area contributed by atoms with Crippen molar-refractivity contribution in [3.05, 3.63) is 28.8 Å². The van der Waals surface area contributed by atoms with Gasteiger partial charge in [-0.2, -0.15) is 4.98 Å². The maximum atomic E-state index is 11.4. The molecule has 1 aliphatic rings. The second kappa shape index (κ2) is 5.27. The van der Waals surface area contributed by atoms with Gasteiger partial charge in [0.2, 0.25) is 0 Å². The molecule has 3 rings (SSSR count). The van der Waals surface area contributed by atoms with Crippen LogP contribution < -0.4 is 16.0 Å². The van der Waals surface area contributed by atoms with Crippen molar-refractivity contribution in [1.82, 2.24) is 14.5 Å². The van der Waals surface area contributed by atoms with Gasteiger partial charge in [-0.15, -0.1) is 9.56 Å². The van der Waals surface area contributed by atoms with Gasteiger partial charge >= 0.3 is 11.8 Å². The van der Waals surface area contributed by atoms with Gasteiger partial charge in [-0.25, -0.2) is 9.59 Å². The van der Waals surface area contributed by atoms with Crippen LogP contribution in [0.15, 0.2) is 27.5 Å². The van der Waals surface area contributed by atoms with Crippen LogP contribution in [0.25, 0.3) is 5.78 Å². The van der Waals surface area contributed by atoms with Gasteiger partial charge in [0.15, 0.2) is 5.82 Å². The minimum Gasteiger partial charge on any atom is -0.453 e. The van der Waals surface area contributed by atoms with Crippen molar-refractivity contribution in [2.75, 3.05) is 30.4 Å². The molecule has 0 aliphatic carbocycles. The molecule has 9 heteroatoms. The fourth-order valence-electron chi connectivity index (χ4n) is 2.06. The molecular weight excluding hydrogens is 278 g/mol. The molecule has 9 nitrogen and oxygen atoms in total. The summed E-state index contributed by atoms with van der Waals surface area (Å²) in [4.78, 5) is 32.6. The topological polar surface area (TPSA) is 102 Å². The van der Waals surface area contributed by atoms with Gasteiger partial charge in [0.25, 0.3) is 5.78 Å². The first-order chi connectivity index (χ1) is 10.2. The van der Waals surface area contributed by atoms with Crippen LogP contribution in [-0.4, -0.2) is 40.8 Å². The number of fused-ring (bicyclic) bond motifs is 1. The first-order valence-corrected chi connectivity index (χ1v) is 6.33. The van der Waals surface area contributed by atoms with Crippen molar-refractivity contribution in [3.63, 3.8) is 0 Å². The minimum absolute atomic E-state index is 0.0819. The van der Waals surface area contributed by atoms with Crippen LogP contribution >= 0.6 is 0 Å². The van der Waals surface area contributed by atoms with E-state index in [0.717, 1.165) is 17.5 Å². The van der Waals surface area contributed by atoms with Crippen molar-refractivity contribution >= 4 is 23.5 Å². The predicted octanol–water partition coefficient (Wildman–Crippen LogP) is 0.627. The minimum atomic E-state index is -0.786. The fourth-order valence-corrected chi connectivity index (χ4v) is 2.06. The third-order valence-corrected chi connectivity index (χ3v) is 3.04. The lowest BCUT2D eigenvalue weighted by Crippen LogP contribution is -2.28. The van der Waals surface area contributed by atoms with E-state index in [-0.39, 0.29) is 11.6 Å². The molecule has 21 heavy (non-hydrogen) atoms. The molecule has 1 amide bonds. The standard InChI is InChI=1S/C12H13N5O4/c1-20-11(18)14-9-7-8(16-5-3-2-4-6-16)13-10-15-12(19)21-17(9)10/h2-3,7H,4-6H2,1H3,(H,14,18). The highest BCUT2D eigenvalue weighted by Crippen LogP contribution is 2.20. The Morgan fingerprint density at radius 1 is 1.43 bits per heavy atom. The molecule has 0 atom stereocenters.